The van der Waals surface area contributed by atoms with Crippen LogP contribution >= 0.6 is 0 Å². The van der Waals surface area contributed by atoms with Crippen molar-refractivity contribution in [2.24, 2.45) is 0 Å². The van der Waals surface area contributed by atoms with Gasteiger partial charge in [0, 0.05) is 25.2 Å². The molecule has 25 heavy (non-hydrogen) atoms. The lowest BCUT2D eigenvalue weighted by atomic mass is 10.0. The standard InChI is InChI=1S/C20H27N3O2/c1-3-22-12-10-18(11-13-22)23(17-8-9-17)20(24)15(2)25-19-7-5-4-6-16(19)14-21/h4-7,15,17-18H,3,8-13H2,1-2H3/t15-/m1/s1. The Morgan fingerprint density at radius 1 is 1.28 bits per heavy atom. The molecule has 0 spiro atoms. The van der Waals surface area contributed by atoms with Crippen molar-refractivity contribution < 1.29 is 9.53 Å². The van der Waals surface area contributed by atoms with E-state index in [0.29, 0.717) is 23.4 Å². The Kier molecular flexibility index (Phi) is 5.60. The number of carbonyl (C=O) groups excluding carboxylic acids is 1. The molecule has 1 aromatic carbocycles. The molecule has 0 bridgehead atoms. The van der Waals surface area contributed by atoms with E-state index in [1.165, 1.54) is 0 Å². The first-order chi connectivity index (χ1) is 12.1. The first-order valence-electron chi connectivity index (χ1n) is 9.34. The lowest BCUT2D eigenvalue weighted by Crippen LogP contribution is -2.51. The maximum atomic E-state index is 13.1. The fourth-order valence-electron chi connectivity index (χ4n) is 3.64. The van der Waals surface area contributed by atoms with E-state index in [2.05, 4.69) is 22.8 Å². The number of nitrogens with zero attached hydrogens (tertiary/aromatic N) is 3. The van der Waals surface area contributed by atoms with Gasteiger partial charge < -0.3 is 14.5 Å². The number of benzene rings is 1. The van der Waals surface area contributed by atoms with Crippen molar-refractivity contribution in [3.05, 3.63) is 29.8 Å². The molecule has 2 fully saturated rings. The van der Waals surface area contributed by atoms with Crippen LogP contribution < -0.4 is 4.74 Å². The molecular formula is C20H27N3O2. The average molecular weight is 341 g/mol. The van der Waals surface area contributed by atoms with Gasteiger partial charge in [0.05, 0.1) is 5.56 Å². The van der Waals surface area contributed by atoms with Gasteiger partial charge in [-0.05, 0) is 51.3 Å². The molecule has 1 heterocycles. The van der Waals surface area contributed by atoms with E-state index in [-0.39, 0.29) is 5.91 Å². The van der Waals surface area contributed by atoms with E-state index in [1.54, 1.807) is 25.1 Å². The van der Waals surface area contributed by atoms with E-state index in [0.717, 1.165) is 45.3 Å². The minimum atomic E-state index is -0.570. The largest absolute Gasteiger partial charge is 0.480 e. The second-order valence-electron chi connectivity index (χ2n) is 7.01. The van der Waals surface area contributed by atoms with E-state index < -0.39 is 6.10 Å². The molecule has 1 saturated heterocycles. The van der Waals surface area contributed by atoms with Crippen molar-refractivity contribution in [3.63, 3.8) is 0 Å². The summed E-state index contributed by atoms with van der Waals surface area (Å²) in [7, 11) is 0. The van der Waals surface area contributed by atoms with Crippen LogP contribution in [0.3, 0.4) is 0 Å². The van der Waals surface area contributed by atoms with Crippen molar-refractivity contribution in [2.75, 3.05) is 19.6 Å². The molecule has 0 unspecified atom stereocenters. The molecule has 3 rings (SSSR count). The summed E-state index contributed by atoms with van der Waals surface area (Å²) in [6.07, 6.45) is 3.71. The van der Waals surface area contributed by atoms with Crippen LogP contribution in [0.5, 0.6) is 5.75 Å². The third-order valence-corrected chi connectivity index (χ3v) is 5.25. The number of hydrogen-bond donors (Lipinski definition) is 0. The summed E-state index contributed by atoms with van der Waals surface area (Å²) in [6, 6.07) is 9.92. The fraction of sp³-hybridized carbons (Fsp3) is 0.600. The topological polar surface area (TPSA) is 56.6 Å². The van der Waals surface area contributed by atoms with Gasteiger partial charge >= 0.3 is 0 Å². The van der Waals surface area contributed by atoms with Gasteiger partial charge in [0.2, 0.25) is 0 Å². The second kappa shape index (κ2) is 7.88. The third kappa shape index (κ3) is 4.13. The summed E-state index contributed by atoms with van der Waals surface area (Å²) in [5, 5.41) is 9.20. The van der Waals surface area contributed by atoms with Gasteiger partial charge in [0.25, 0.3) is 5.91 Å². The molecule has 1 aliphatic carbocycles. The summed E-state index contributed by atoms with van der Waals surface area (Å²) in [5.74, 6) is 0.549. The molecular weight excluding hydrogens is 314 g/mol. The minimum Gasteiger partial charge on any atom is -0.480 e. The van der Waals surface area contributed by atoms with E-state index in [9.17, 15) is 10.1 Å². The Hall–Kier alpha value is -2.06. The van der Waals surface area contributed by atoms with Gasteiger partial charge in [-0.2, -0.15) is 5.26 Å². The number of likely N-dealkylation sites (tertiary alicyclic amines) is 1. The normalized spacial score (nSPS) is 19.9. The molecule has 134 valence electrons. The van der Waals surface area contributed by atoms with Gasteiger partial charge in [0.15, 0.2) is 6.10 Å². The van der Waals surface area contributed by atoms with Crippen LogP contribution in [0.4, 0.5) is 0 Å². The number of piperidine rings is 1. The summed E-state index contributed by atoms with van der Waals surface area (Å²) in [6.45, 7) is 7.18. The molecule has 2 aliphatic rings. The Labute approximate surface area is 150 Å². The van der Waals surface area contributed by atoms with Crippen molar-refractivity contribution in [1.29, 1.82) is 5.26 Å². The zero-order chi connectivity index (χ0) is 17.8. The van der Waals surface area contributed by atoms with Gasteiger partial charge in [-0.3, -0.25) is 4.79 Å². The van der Waals surface area contributed by atoms with Gasteiger partial charge in [-0.25, -0.2) is 0 Å². The average Bonchev–Trinajstić information content (AvgIpc) is 3.47. The number of carbonyl (C=O) groups is 1. The first-order valence-corrected chi connectivity index (χ1v) is 9.34. The van der Waals surface area contributed by atoms with Crippen LogP contribution in [0.15, 0.2) is 24.3 Å². The Morgan fingerprint density at radius 2 is 1.92 bits per heavy atom. The Morgan fingerprint density at radius 3 is 2.52 bits per heavy atom. The molecule has 0 radical (unpaired) electrons. The van der Waals surface area contributed by atoms with Crippen molar-refractivity contribution in [2.45, 2.75) is 57.7 Å². The molecule has 0 N–H and O–H groups in total. The number of para-hydroxylation sites is 1. The van der Waals surface area contributed by atoms with Gasteiger partial charge in [-0.1, -0.05) is 19.1 Å². The van der Waals surface area contributed by atoms with Crippen LogP contribution in [-0.2, 0) is 4.79 Å². The zero-order valence-corrected chi connectivity index (χ0v) is 15.1. The minimum absolute atomic E-state index is 0.0604. The zero-order valence-electron chi connectivity index (χ0n) is 15.1. The highest BCUT2D eigenvalue weighted by atomic mass is 16.5. The van der Waals surface area contributed by atoms with Crippen LogP contribution in [-0.4, -0.2) is 53.5 Å². The van der Waals surface area contributed by atoms with Crippen molar-refractivity contribution in [1.82, 2.24) is 9.80 Å². The molecule has 5 heteroatoms. The summed E-state index contributed by atoms with van der Waals surface area (Å²) in [5.41, 5.74) is 0.469. The SMILES string of the molecule is CCN1CCC(N(C(=O)[C@@H](C)Oc2ccccc2C#N)C2CC2)CC1. The smallest absolute Gasteiger partial charge is 0.263 e. The second-order valence-corrected chi connectivity index (χ2v) is 7.01. The highest BCUT2D eigenvalue weighted by molar-refractivity contribution is 5.82. The third-order valence-electron chi connectivity index (χ3n) is 5.25. The van der Waals surface area contributed by atoms with E-state index >= 15 is 0 Å². The number of hydrogen-bond acceptors (Lipinski definition) is 4. The quantitative estimate of drug-likeness (QED) is 0.798. The first kappa shape index (κ1) is 17.8. The van der Waals surface area contributed by atoms with E-state index in [1.807, 2.05) is 6.07 Å². The Bertz CT molecular complexity index is 643. The highest BCUT2D eigenvalue weighted by Crippen LogP contribution is 2.33. The number of rotatable bonds is 6. The summed E-state index contributed by atoms with van der Waals surface area (Å²) < 4.78 is 5.87. The van der Waals surface area contributed by atoms with Crippen LogP contribution in [0.25, 0.3) is 0 Å². The monoisotopic (exact) mass is 341 g/mol. The lowest BCUT2D eigenvalue weighted by Gasteiger charge is -2.39. The van der Waals surface area contributed by atoms with Gasteiger partial charge in [0.1, 0.15) is 11.8 Å². The summed E-state index contributed by atoms with van der Waals surface area (Å²) >= 11 is 0. The van der Waals surface area contributed by atoms with Gasteiger partial charge in [-0.15, -0.1) is 0 Å². The predicted octanol–water partition coefficient (Wildman–Crippen LogP) is 2.80. The maximum Gasteiger partial charge on any atom is 0.263 e. The molecule has 5 nitrogen and oxygen atoms in total. The van der Waals surface area contributed by atoms with E-state index in [4.69, 9.17) is 4.74 Å². The number of ether oxygens (including phenoxy) is 1. The molecule has 1 aliphatic heterocycles. The maximum absolute atomic E-state index is 13.1. The van der Waals surface area contributed by atoms with Crippen molar-refractivity contribution >= 4 is 5.91 Å². The van der Waals surface area contributed by atoms with Crippen LogP contribution in [0.1, 0.15) is 45.1 Å². The lowest BCUT2D eigenvalue weighted by molar-refractivity contribution is -0.142. The van der Waals surface area contributed by atoms with Crippen molar-refractivity contribution in [3.8, 4) is 11.8 Å². The Balaban J connectivity index is 1.67. The predicted molar refractivity (Wildman–Crippen MR) is 96.3 cm³/mol. The number of nitriles is 1. The molecule has 1 aromatic rings. The van der Waals surface area contributed by atoms with Crippen LogP contribution in [0.2, 0.25) is 0 Å². The van der Waals surface area contributed by atoms with Crippen LogP contribution in [0, 0.1) is 11.3 Å². The summed E-state index contributed by atoms with van der Waals surface area (Å²) in [4.78, 5) is 17.6. The highest BCUT2D eigenvalue weighted by Gasteiger charge is 2.40. The molecule has 1 atom stereocenters. The molecule has 0 aromatic heterocycles. The number of amides is 1. The molecule has 1 saturated carbocycles. The fourth-order valence-corrected chi connectivity index (χ4v) is 3.64. The molecule has 1 amide bonds.